The minimum absolute atomic E-state index is 0.0530. The molecule has 0 aliphatic carbocycles. The summed E-state index contributed by atoms with van der Waals surface area (Å²) in [6, 6.07) is -0.696. The summed E-state index contributed by atoms with van der Waals surface area (Å²) in [5.74, 6) is 0.0535. The molecule has 0 bridgehead atoms. The van der Waals surface area contributed by atoms with E-state index in [2.05, 4.69) is 15.3 Å². The van der Waals surface area contributed by atoms with Crippen LogP contribution in [0.4, 0.5) is 4.79 Å². The van der Waals surface area contributed by atoms with Crippen LogP contribution >= 0.6 is 0 Å². The fourth-order valence-electron chi connectivity index (χ4n) is 4.01. The maximum atomic E-state index is 12.3. The van der Waals surface area contributed by atoms with E-state index >= 15 is 0 Å². The summed E-state index contributed by atoms with van der Waals surface area (Å²) in [5, 5.41) is 2.36. The summed E-state index contributed by atoms with van der Waals surface area (Å²) >= 11 is 0. The number of imidazole rings is 1. The third kappa shape index (κ3) is 4.33. The van der Waals surface area contributed by atoms with Gasteiger partial charge in [0.1, 0.15) is 0 Å². The first-order valence-corrected chi connectivity index (χ1v) is 9.04. The molecule has 2 aliphatic heterocycles. The molecule has 3 rings (SSSR count). The number of carbonyl (C=O) groups is 3. The number of aromatic amines is 1. The van der Waals surface area contributed by atoms with Crippen LogP contribution in [0.2, 0.25) is 0 Å². The standard InChI is InChI=1S/C17H26N6O3/c18-16(26)20-9-15(25)22-6-1-4-17(10-22)5-2-14(24)23(11-17)7-3-13-8-19-12-21-13/h8,12H,1-7,9-11H2,(H,19,21)(H3,18,20,26). The van der Waals surface area contributed by atoms with Gasteiger partial charge in [-0.05, 0) is 19.3 Å². The second kappa shape index (κ2) is 7.76. The third-order valence-electron chi connectivity index (χ3n) is 5.38. The highest BCUT2D eigenvalue weighted by Gasteiger charge is 2.42. The molecule has 2 aliphatic rings. The molecule has 9 heteroatoms. The van der Waals surface area contributed by atoms with Gasteiger partial charge in [-0.25, -0.2) is 9.78 Å². The number of nitrogens with zero attached hydrogens (tertiary/aromatic N) is 3. The Kier molecular flexibility index (Phi) is 5.43. The van der Waals surface area contributed by atoms with Crippen LogP contribution in [-0.2, 0) is 16.0 Å². The molecule has 1 aromatic rings. The molecule has 3 heterocycles. The zero-order valence-corrected chi connectivity index (χ0v) is 14.9. The average molecular weight is 362 g/mol. The monoisotopic (exact) mass is 362 g/mol. The number of likely N-dealkylation sites (tertiary alicyclic amines) is 2. The Labute approximate surface area is 152 Å². The number of aromatic nitrogens is 2. The van der Waals surface area contributed by atoms with Gasteiger partial charge >= 0.3 is 6.03 Å². The van der Waals surface area contributed by atoms with E-state index in [1.807, 2.05) is 4.90 Å². The van der Waals surface area contributed by atoms with Crippen molar-refractivity contribution in [2.24, 2.45) is 11.1 Å². The van der Waals surface area contributed by atoms with Crippen LogP contribution in [0.1, 0.15) is 31.4 Å². The minimum atomic E-state index is -0.696. The lowest BCUT2D eigenvalue weighted by molar-refractivity contribution is -0.142. The highest BCUT2D eigenvalue weighted by Crippen LogP contribution is 2.38. The van der Waals surface area contributed by atoms with Crippen molar-refractivity contribution in [1.82, 2.24) is 25.1 Å². The molecule has 1 atom stereocenters. The van der Waals surface area contributed by atoms with Crippen molar-refractivity contribution in [2.45, 2.75) is 32.1 Å². The smallest absolute Gasteiger partial charge is 0.312 e. The Hall–Kier alpha value is -2.58. The number of primary amides is 1. The van der Waals surface area contributed by atoms with E-state index in [9.17, 15) is 14.4 Å². The fourth-order valence-corrected chi connectivity index (χ4v) is 4.01. The van der Waals surface area contributed by atoms with E-state index in [4.69, 9.17) is 5.73 Å². The zero-order chi connectivity index (χ0) is 18.6. The first-order valence-electron chi connectivity index (χ1n) is 9.04. The Morgan fingerprint density at radius 2 is 2.19 bits per heavy atom. The van der Waals surface area contributed by atoms with E-state index in [1.54, 1.807) is 17.4 Å². The van der Waals surface area contributed by atoms with Crippen molar-refractivity contribution in [1.29, 1.82) is 0 Å². The lowest BCUT2D eigenvalue weighted by Gasteiger charge is -2.48. The summed E-state index contributed by atoms with van der Waals surface area (Å²) in [6.07, 6.45) is 7.40. The molecule has 0 saturated carbocycles. The summed E-state index contributed by atoms with van der Waals surface area (Å²) in [5.41, 5.74) is 6.00. The number of nitrogens with two attached hydrogens (primary N) is 1. The van der Waals surface area contributed by atoms with Crippen LogP contribution < -0.4 is 11.1 Å². The predicted octanol–water partition coefficient (Wildman–Crippen LogP) is -0.148. The van der Waals surface area contributed by atoms with Crippen molar-refractivity contribution in [3.63, 3.8) is 0 Å². The van der Waals surface area contributed by atoms with Gasteiger partial charge in [0.25, 0.3) is 0 Å². The van der Waals surface area contributed by atoms with Gasteiger partial charge in [0, 0.05) is 56.3 Å². The molecule has 2 saturated heterocycles. The minimum Gasteiger partial charge on any atom is -0.352 e. The van der Waals surface area contributed by atoms with E-state index in [-0.39, 0.29) is 23.8 Å². The van der Waals surface area contributed by atoms with E-state index in [0.29, 0.717) is 32.6 Å². The van der Waals surface area contributed by atoms with Crippen LogP contribution in [0.5, 0.6) is 0 Å². The number of rotatable bonds is 5. The number of hydrogen-bond donors (Lipinski definition) is 3. The topological polar surface area (TPSA) is 124 Å². The number of amides is 4. The number of urea groups is 1. The van der Waals surface area contributed by atoms with Crippen molar-refractivity contribution in [3.8, 4) is 0 Å². The lowest BCUT2D eigenvalue weighted by atomic mass is 9.73. The molecule has 1 unspecified atom stereocenters. The molecule has 0 aromatic carbocycles. The fraction of sp³-hybridized carbons (Fsp3) is 0.647. The van der Waals surface area contributed by atoms with Gasteiger partial charge in [-0.1, -0.05) is 0 Å². The molecule has 4 amide bonds. The van der Waals surface area contributed by atoms with Crippen molar-refractivity contribution in [2.75, 3.05) is 32.7 Å². The Bertz CT molecular complexity index is 661. The molecule has 26 heavy (non-hydrogen) atoms. The lowest BCUT2D eigenvalue weighted by Crippen LogP contribution is -2.56. The molecular formula is C17H26N6O3. The van der Waals surface area contributed by atoms with Gasteiger partial charge in [-0.15, -0.1) is 0 Å². The van der Waals surface area contributed by atoms with Gasteiger partial charge in [-0.2, -0.15) is 0 Å². The maximum absolute atomic E-state index is 12.3. The predicted molar refractivity (Wildman–Crippen MR) is 93.9 cm³/mol. The second-order valence-corrected chi connectivity index (χ2v) is 7.28. The Morgan fingerprint density at radius 1 is 1.35 bits per heavy atom. The van der Waals surface area contributed by atoms with E-state index in [0.717, 1.165) is 31.4 Å². The van der Waals surface area contributed by atoms with E-state index in [1.165, 1.54) is 0 Å². The highest BCUT2D eigenvalue weighted by molar-refractivity contribution is 5.83. The van der Waals surface area contributed by atoms with Gasteiger partial charge < -0.3 is 25.8 Å². The normalized spacial score (nSPS) is 23.3. The number of hydrogen-bond acceptors (Lipinski definition) is 4. The van der Waals surface area contributed by atoms with Crippen molar-refractivity contribution >= 4 is 17.8 Å². The zero-order valence-electron chi connectivity index (χ0n) is 14.9. The SMILES string of the molecule is NC(=O)NCC(=O)N1CCCC2(CCC(=O)N(CCc3cnc[nH]3)C2)C1. The van der Waals surface area contributed by atoms with Crippen molar-refractivity contribution in [3.05, 3.63) is 18.2 Å². The summed E-state index contributed by atoms with van der Waals surface area (Å²) in [6.45, 7) is 2.56. The quantitative estimate of drug-likeness (QED) is 0.674. The maximum Gasteiger partial charge on any atom is 0.312 e. The third-order valence-corrected chi connectivity index (χ3v) is 5.38. The highest BCUT2D eigenvalue weighted by atomic mass is 16.2. The van der Waals surface area contributed by atoms with Crippen LogP contribution in [0.25, 0.3) is 0 Å². The van der Waals surface area contributed by atoms with Crippen LogP contribution in [0.15, 0.2) is 12.5 Å². The first kappa shape index (κ1) is 18.2. The van der Waals surface area contributed by atoms with Gasteiger partial charge in [0.05, 0.1) is 12.9 Å². The molecule has 1 spiro atoms. The largest absolute Gasteiger partial charge is 0.352 e. The van der Waals surface area contributed by atoms with Gasteiger partial charge in [0.15, 0.2) is 0 Å². The number of H-pyrrole nitrogens is 1. The molecule has 142 valence electrons. The van der Waals surface area contributed by atoms with Crippen LogP contribution in [-0.4, -0.2) is 70.3 Å². The van der Waals surface area contributed by atoms with Crippen molar-refractivity contribution < 1.29 is 14.4 Å². The summed E-state index contributed by atoms with van der Waals surface area (Å²) < 4.78 is 0. The number of carbonyl (C=O) groups excluding carboxylic acids is 3. The molecular weight excluding hydrogens is 336 g/mol. The van der Waals surface area contributed by atoms with E-state index < -0.39 is 6.03 Å². The van der Waals surface area contributed by atoms with Crippen LogP contribution in [0, 0.1) is 5.41 Å². The first-order chi connectivity index (χ1) is 12.5. The molecule has 4 N–H and O–H groups in total. The van der Waals surface area contributed by atoms with Gasteiger partial charge in [0.2, 0.25) is 11.8 Å². The molecule has 9 nitrogen and oxygen atoms in total. The second-order valence-electron chi connectivity index (χ2n) is 7.28. The summed E-state index contributed by atoms with van der Waals surface area (Å²) in [4.78, 5) is 46.2. The Balaban J connectivity index is 1.59. The molecule has 0 radical (unpaired) electrons. The Morgan fingerprint density at radius 3 is 2.92 bits per heavy atom. The number of nitrogens with one attached hydrogen (secondary N) is 2. The number of piperidine rings is 2. The van der Waals surface area contributed by atoms with Gasteiger partial charge in [-0.3, -0.25) is 9.59 Å². The molecule has 2 fully saturated rings. The average Bonchev–Trinajstić information content (AvgIpc) is 3.14. The summed E-state index contributed by atoms with van der Waals surface area (Å²) in [7, 11) is 0. The molecule has 1 aromatic heterocycles. The van der Waals surface area contributed by atoms with Crippen LogP contribution in [0.3, 0.4) is 0 Å².